The highest BCUT2D eigenvalue weighted by atomic mass is 16.6. The zero-order valence-corrected chi connectivity index (χ0v) is 9.82. The Morgan fingerprint density at radius 2 is 2.06 bits per heavy atom. The summed E-state index contributed by atoms with van der Waals surface area (Å²) in [6.07, 6.45) is 0. The van der Waals surface area contributed by atoms with Gasteiger partial charge in [0, 0.05) is 24.8 Å². The number of benzene rings is 1. The summed E-state index contributed by atoms with van der Waals surface area (Å²) in [5, 5.41) is 16.4. The molecule has 17 heavy (non-hydrogen) atoms. The molecule has 0 saturated carbocycles. The molecular formula is C11H15N3O3. The minimum absolute atomic E-state index is 0.0790. The smallest absolute Gasteiger partial charge is 0.282 e. The molecule has 6 nitrogen and oxygen atoms in total. The first-order valence-electron chi connectivity index (χ1n) is 5.40. The van der Waals surface area contributed by atoms with Crippen molar-refractivity contribution in [2.45, 2.75) is 13.8 Å². The molecule has 1 aromatic carbocycles. The lowest BCUT2D eigenvalue weighted by atomic mass is 10.1. The molecule has 0 aliphatic heterocycles. The van der Waals surface area contributed by atoms with Crippen molar-refractivity contribution in [3.8, 4) is 0 Å². The van der Waals surface area contributed by atoms with Crippen LogP contribution in [0.15, 0.2) is 18.2 Å². The van der Waals surface area contributed by atoms with Gasteiger partial charge in [0.05, 0.1) is 4.92 Å². The third-order valence-corrected chi connectivity index (χ3v) is 2.16. The number of nitro groups is 1. The van der Waals surface area contributed by atoms with Crippen molar-refractivity contribution in [1.82, 2.24) is 5.32 Å². The fourth-order valence-corrected chi connectivity index (χ4v) is 1.45. The van der Waals surface area contributed by atoms with Gasteiger partial charge in [-0.1, -0.05) is 0 Å². The van der Waals surface area contributed by atoms with Crippen molar-refractivity contribution in [2.24, 2.45) is 0 Å². The number of amides is 1. The number of nitro benzene ring substituents is 1. The van der Waals surface area contributed by atoms with E-state index in [0.717, 1.165) is 0 Å². The molecule has 92 valence electrons. The number of carbonyl (C=O) groups excluding carboxylic acids is 1. The first-order chi connectivity index (χ1) is 8.10. The van der Waals surface area contributed by atoms with E-state index in [2.05, 4.69) is 10.6 Å². The van der Waals surface area contributed by atoms with Crippen molar-refractivity contribution in [3.63, 3.8) is 0 Å². The second-order valence-corrected chi connectivity index (χ2v) is 3.38. The monoisotopic (exact) mass is 237 g/mol. The van der Waals surface area contributed by atoms with E-state index >= 15 is 0 Å². The molecule has 0 saturated heterocycles. The molecule has 0 spiro atoms. The molecule has 0 fully saturated rings. The molecule has 0 radical (unpaired) electrons. The summed E-state index contributed by atoms with van der Waals surface area (Å²) >= 11 is 0. The Morgan fingerprint density at radius 3 is 2.59 bits per heavy atom. The molecule has 6 heteroatoms. The standard InChI is InChI=1S/C11H15N3O3/c1-3-12-8-5-6-10(14(16)17)9(7-8)11(15)13-4-2/h5-7,12H,3-4H2,1-2H3,(H,13,15). The number of hydrogen-bond acceptors (Lipinski definition) is 4. The molecule has 1 amide bonds. The highest BCUT2D eigenvalue weighted by Crippen LogP contribution is 2.22. The zero-order valence-electron chi connectivity index (χ0n) is 9.82. The van der Waals surface area contributed by atoms with E-state index in [9.17, 15) is 14.9 Å². The van der Waals surface area contributed by atoms with E-state index in [1.807, 2.05) is 6.92 Å². The molecular weight excluding hydrogens is 222 g/mol. The Morgan fingerprint density at radius 1 is 1.35 bits per heavy atom. The summed E-state index contributed by atoms with van der Waals surface area (Å²) < 4.78 is 0. The van der Waals surface area contributed by atoms with Crippen molar-refractivity contribution >= 4 is 17.3 Å². The van der Waals surface area contributed by atoms with Gasteiger partial charge in [-0.05, 0) is 26.0 Å². The largest absolute Gasteiger partial charge is 0.385 e. The molecule has 0 aliphatic carbocycles. The number of nitrogens with one attached hydrogen (secondary N) is 2. The van der Waals surface area contributed by atoms with E-state index in [-0.39, 0.29) is 11.3 Å². The molecule has 2 N–H and O–H groups in total. The van der Waals surface area contributed by atoms with Crippen LogP contribution < -0.4 is 10.6 Å². The first kappa shape index (κ1) is 13.0. The third kappa shape index (κ3) is 3.17. The Bertz CT molecular complexity index is 432. The van der Waals surface area contributed by atoms with Gasteiger partial charge in [0.1, 0.15) is 5.56 Å². The zero-order chi connectivity index (χ0) is 12.8. The first-order valence-corrected chi connectivity index (χ1v) is 5.40. The maximum atomic E-state index is 11.7. The predicted molar refractivity (Wildman–Crippen MR) is 65.3 cm³/mol. The van der Waals surface area contributed by atoms with E-state index in [1.165, 1.54) is 12.1 Å². The fourth-order valence-electron chi connectivity index (χ4n) is 1.45. The predicted octanol–water partition coefficient (Wildman–Crippen LogP) is 1.78. The van der Waals surface area contributed by atoms with E-state index < -0.39 is 10.8 Å². The SMILES string of the molecule is CCNC(=O)c1cc(NCC)ccc1[N+](=O)[O-]. The summed E-state index contributed by atoms with van der Waals surface area (Å²) in [5.74, 6) is -0.432. The molecule has 1 rings (SSSR count). The minimum Gasteiger partial charge on any atom is -0.385 e. The number of rotatable bonds is 5. The van der Waals surface area contributed by atoms with Crippen molar-refractivity contribution < 1.29 is 9.72 Å². The van der Waals surface area contributed by atoms with Crippen LogP contribution in [0, 0.1) is 10.1 Å². The highest BCUT2D eigenvalue weighted by molar-refractivity contribution is 5.99. The number of carbonyl (C=O) groups is 1. The molecule has 0 aliphatic rings. The van der Waals surface area contributed by atoms with E-state index in [4.69, 9.17) is 0 Å². The molecule has 0 aromatic heterocycles. The van der Waals surface area contributed by atoms with Crippen LogP contribution in [0.5, 0.6) is 0 Å². The Balaban J connectivity index is 3.15. The van der Waals surface area contributed by atoms with E-state index in [1.54, 1.807) is 13.0 Å². The minimum atomic E-state index is -0.555. The van der Waals surface area contributed by atoms with Gasteiger partial charge in [0.15, 0.2) is 0 Å². The molecule has 1 aromatic rings. The maximum absolute atomic E-state index is 11.7. The van der Waals surface area contributed by atoms with Crippen LogP contribution in [0.3, 0.4) is 0 Å². The Kier molecular flexibility index (Phi) is 4.45. The van der Waals surface area contributed by atoms with E-state index in [0.29, 0.717) is 18.8 Å². The lowest BCUT2D eigenvalue weighted by molar-refractivity contribution is -0.385. The van der Waals surface area contributed by atoms with Gasteiger partial charge in [0.2, 0.25) is 0 Å². The lowest BCUT2D eigenvalue weighted by Gasteiger charge is -2.07. The Labute approximate surface area is 99.2 Å². The second kappa shape index (κ2) is 5.83. The summed E-state index contributed by atoms with van der Waals surface area (Å²) in [4.78, 5) is 21.9. The van der Waals surface area contributed by atoms with Crippen molar-refractivity contribution in [2.75, 3.05) is 18.4 Å². The number of nitrogens with zero attached hydrogens (tertiary/aromatic N) is 1. The van der Waals surface area contributed by atoms with Crippen LogP contribution in [0.4, 0.5) is 11.4 Å². The van der Waals surface area contributed by atoms with Crippen LogP contribution in [0.2, 0.25) is 0 Å². The van der Waals surface area contributed by atoms with Crippen molar-refractivity contribution in [3.05, 3.63) is 33.9 Å². The average molecular weight is 237 g/mol. The van der Waals surface area contributed by atoms with Crippen LogP contribution in [-0.4, -0.2) is 23.9 Å². The van der Waals surface area contributed by atoms with Crippen LogP contribution >= 0.6 is 0 Å². The van der Waals surface area contributed by atoms with Gasteiger partial charge in [-0.15, -0.1) is 0 Å². The number of hydrogen-bond donors (Lipinski definition) is 2. The summed E-state index contributed by atoms with van der Waals surface area (Å²) in [5.41, 5.74) is 0.590. The highest BCUT2D eigenvalue weighted by Gasteiger charge is 2.19. The second-order valence-electron chi connectivity index (χ2n) is 3.38. The quantitative estimate of drug-likeness (QED) is 0.603. The lowest BCUT2D eigenvalue weighted by Crippen LogP contribution is -2.23. The Hall–Kier alpha value is -2.11. The molecule has 0 unspecified atom stereocenters. The van der Waals surface area contributed by atoms with Gasteiger partial charge < -0.3 is 10.6 Å². The fraction of sp³-hybridized carbons (Fsp3) is 0.364. The van der Waals surface area contributed by atoms with Gasteiger partial charge in [-0.3, -0.25) is 14.9 Å². The topological polar surface area (TPSA) is 84.3 Å². The van der Waals surface area contributed by atoms with Gasteiger partial charge >= 0.3 is 0 Å². The third-order valence-electron chi connectivity index (χ3n) is 2.16. The number of anilines is 1. The van der Waals surface area contributed by atoms with Gasteiger partial charge in [-0.2, -0.15) is 0 Å². The molecule has 0 bridgehead atoms. The summed E-state index contributed by atoms with van der Waals surface area (Å²) in [6, 6.07) is 4.42. The molecule has 0 heterocycles. The van der Waals surface area contributed by atoms with Gasteiger partial charge in [0.25, 0.3) is 11.6 Å². The van der Waals surface area contributed by atoms with Crippen molar-refractivity contribution in [1.29, 1.82) is 0 Å². The van der Waals surface area contributed by atoms with Crippen LogP contribution in [0.1, 0.15) is 24.2 Å². The van der Waals surface area contributed by atoms with Crippen LogP contribution in [0.25, 0.3) is 0 Å². The summed E-state index contributed by atoms with van der Waals surface area (Å²) in [7, 11) is 0. The van der Waals surface area contributed by atoms with Gasteiger partial charge in [-0.25, -0.2) is 0 Å². The molecule has 0 atom stereocenters. The summed E-state index contributed by atoms with van der Waals surface area (Å²) in [6.45, 7) is 4.79. The normalized spacial score (nSPS) is 9.76. The average Bonchev–Trinajstić information content (AvgIpc) is 2.29. The van der Waals surface area contributed by atoms with Crippen LogP contribution in [-0.2, 0) is 0 Å². The maximum Gasteiger partial charge on any atom is 0.282 e.